The molecule has 5 nitrogen and oxygen atoms in total. The van der Waals surface area contributed by atoms with E-state index < -0.39 is 0 Å². The molecule has 0 bridgehead atoms. The number of likely N-dealkylation sites (tertiary alicyclic amines) is 1. The number of hydrogen-bond donors (Lipinski definition) is 1. The van der Waals surface area contributed by atoms with Crippen molar-refractivity contribution < 1.29 is 4.79 Å². The third-order valence-corrected chi connectivity index (χ3v) is 4.23. The fourth-order valence-corrected chi connectivity index (χ4v) is 2.99. The second kappa shape index (κ2) is 7.33. The number of benzene rings is 1. The zero-order valence-corrected chi connectivity index (χ0v) is 13.4. The summed E-state index contributed by atoms with van der Waals surface area (Å²) in [5, 5.41) is 3.07. The van der Waals surface area contributed by atoms with Crippen molar-refractivity contribution in [1.82, 2.24) is 20.2 Å². The minimum absolute atomic E-state index is 0.107. The molecule has 1 saturated heterocycles. The van der Waals surface area contributed by atoms with E-state index in [1.807, 2.05) is 0 Å². The number of aromatic nitrogens is 2. The van der Waals surface area contributed by atoms with Crippen molar-refractivity contribution in [2.45, 2.75) is 32.4 Å². The van der Waals surface area contributed by atoms with Gasteiger partial charge in [0.15, 0.2) is 0 Å². The summed E-state index contributed by atoms with van der Waals surface area (Å²) in [7, 11) is 0. The molecule has 120 valence electrons. The van der Waals surface area contributed by atoms with Crippen molar-refractivity contribution in [3.05, 3.63) is 59.7 Å². The van der Waals surface area contributed by atoms with Gasteiger partial charge in [0.1, 0.15) is 12.0 Å². The van der Waals surface area contributed by atoms with Crippen molar-refractivity contribution >= 4 is 5.91 Å². The first-order chi connectivity index (χ1) is 11.2. The van der Waals surface area contributed by atoms with E-state index in [1.54, 1.807) is 12.3 Å². The molecule has 0 atom stereocenters. The van der Waals surface area contributed by atoms with Crippen molar-refractivity contribution in [3.63, 3.8) is 0 Å². The Labute approximate surface area is 136 Å². The first-order valence-corrected chi connectivity index (χ1v) is 8.05. The van der Waals surface area contributed by atoms with Gasteiger partial charge in [0.05, 0.1) is 0 Å². The monoisotopic (exact) mass is 310 g/mol. The Morgan fingerprint density at radius 3 is 2.83 bits per heavy atom. The molecule has 1 amide bonds. The highest BCUT2D eigenvalue weighted by atomic mass is 16.1. The Kier molecular flexibility index (Phi) is 4.98. The average Bonchev–Trinajstić information content (AvgIpc) is 2.57. The second-order valence-electron chi connectivity index (χ2n) is 6.11. The molecule has 1 aromatic heterocycles. The Bertz CT molecular complexity index is 651. The molecule has 1 N–H and O–H groups in total. The Morgan fingerprint density at radius 2 is 2.13 bits per heavy atom. The lowest BCUT2D eigenvalue weighted by Crippen LogP contribution is -2.44. The summed E-state index contributed by atoms with van der Waals surface area (Å²) in [5.74, 6) is -0.107. The molecule has 5 heteroatoms. The van der Waals surface area contributed by atoms with Crippen LogP contribution < -0.4 is 5.32 Å². The van der Waals surface area contributed by atoms with Gasteiger partial charge in [-0.25, -0.2) is 9.97 Å². The normalized spacial score (nSPS) is 16.2. The van der Waals surface area contributed by atoms with Crippen LogP contribution in [0.25, 0.3) is 0 Å². The van der Waals surface area contributed by atoms with Crippen LogP contribution in [-0.2, 0) is 6.54 Å². The fraction of sp³-hybridized carbons (Fsp3) is 0.389. The molecule has 1 aliphatic heterocycles. The van der Waals surface area contributed by atoms with Gasteiger partial charge in [-0.2, -0.15) is 0 Å². The number of aryl methyl sites for hydroxylation is 1. The van der Waals surface area contributed by atoms with Crippen molar-refractivity contribution in [1.29, 1.82) is 0 Å². The summed E-state index contributed by atoms with van der Waals surface area (Å²) in [6.45, 7) is 5.11. The minimum Gasteiger partial charge on any atom is -0.348 e. The molecular formula is C18H22N4O. The van der Waals surface area contributed by atoms with Crippen LogP contribution in [0.5, 0.6) is 0 Å². The van der Waals surface area contributed by atoms with E-state index in [0.29, 0.717) is 5.69 Å². The topological polar surface area (TPSA) is 58.1 Å². The van der Waals surface area contributed by atoms with Crippen molar-refractivity contribution in [3.8, 4) is 0 Å². The van der Waals surface area contributed by atoms with Gasteiger partial charge in [0, 0.05) is 31.9 Å². The fourth-order valence-electron chi connectivity index (χ4n) is 2.99. The Hall–Kier alpha value is -2.27. The number of amides is 1. The van der Waals surface area contributed by atoms with Crippen LogP contribution in [0.15, 0.2) is 42.9 Å². The summed E-state index contributed by atoms with van der Waals surface area (Å²) < 4.78 is 0. The molecule has 0 saturated carbocycles. The van der Waals surface area contributed by atoms with E-state index in [2.05, 4.69) is 51.4 Å². The van der Waals surface area contributed by atoms with Crippen LogP contribution >= 0.6 is 0 Å². The zero-order chi connectivity index (χ0) is 16.1. The van der Waals surface area contributed by atoms with E-state index in [1.165, 1.54) is 17.5 Å². The highest BCUT2D eigenvalue weighted by Crippen LogP contribution is 2.15. The van der Waals surface area contributed by atoms with Crippen LogP contribution in [0, 0.1) is 6.92 Å². The molecule has 3 rings (SSSR count). The maximum atomic E-state index is 12.1. The molecule has 23 heavy (non-hydrogen) atoms. The number of nitrogens with zero attached hydrogens (tertiary/aromatic N) is 3. The van der Waals surface area contributed by atoms with Gasteiger partial charge < -0.3 is 5.32 Å². The third-order valence-electron chi connectivity index (χ3n) is 4.23. The zero-order valence-electron chi connectivity index (χ0n) is 13.4. The predicted molar refractivity (Wildman–Crippen MR) is 89.0 cm³/mol. The highest BCUT2D eigenvalue weighted by molar-refractivity contribution is 5.92. The lowest BCUT2D eigenvalue weighted by Gasteiger charge is -2.32. The molecule has 2 aromatic rings. The van der Waals surface area contributed by atoms with E-state index in [4.69, 9.17) is 0 Å². The smallest absolute Gasteiger partial charge is 0.270 e. The maximum absolute atomic E-state index is 12.1. The number of carbonyl (C=O) groups excluding carboxylic acids is 1. The minimum atomic E-state index is -0.107. The third kappa shape index (κ3) is 4.36. The first kappa shape index (κ1) is 15.6. The quantitative estimate of drug-likeness (QED) is 0.940. The molecule has 0 unspecified atom stereocenters. The van der Waals surface area contributed by atoms with Gasteiger partial charge in [-0.15, -0.1) is 0 Å². The van der Waals surface area contributed by atoms with Gasteiger partial charge in [0.25, 0.3) is 5.91 Å². The van der Waals surface area contributed by atoms with E-state index in [-0.39, 0.29) is 11.9 Å². The first-order valence-electron chi connectivity index (χ1n) is 8.05. The SMILES string of the molecule is Cc1cccc(CN2CCC(NC(=O)c3ccncn3)CC2)c1. The van der Waals surface area contributed by atoms with Crippen LogP contribution in [-0.4, -0.2) is 39.9 Å². The number of nitrogens with one attached hydrogen (secondary N) is 1. The van der Waals surface area contributed by atoms with Crippen LogP contribution in [0.3, 0.4) is 0 Å². The number of rotatable bonds is 4. The maximum Gasteiger partial charge on any atom is 0.270 e. The molecule has 0 aliphatic carbocycles. The molecule has 1 fully saturated rings. The molecule has 1 aliphatic rings. The lowest BCUT2D eigenvalue weighted by molar-refractivity contribution is 0.0903. The van der Waals surface area contributed by atoms with Gasteiger partial charge >= 0.3 is 0 Å². The Balaban J connectivity index is 1.48. The largest absolute Gasteiger partial charge is 0.348 e. The molecule has 0 radical (unpaired) electrons. The number of piperidine rings is 1. The standard InChI is InChI=1S/C18H22N4O/c1-14-3-2-4-15(11-14)12-22-9-6-16(7-10-22)21-18(23)17-5-8-19-13-20-17/h2-5,8,11,13,16H,6-7,9-10,12H2,1H3,(H,21,23). The molecule has 1 aromatic carbocycles. The molecule has 2 heterocycles. The van der Waals surface area contributed by atoms with Crippen LogP contribution in [0.2, 0.25) is 0 Å². The number of hydrogen-bond acceptors (Lipinski definition) is 4. The van der Waals surface area contributed by atoms with Crippen molar-refractivity contribution in [2.75, 3.05) is 13.1 Å². The molecule has 0 spiro atoms. The molecular weight excluding hydrogens is 288 g/mol. The van der Waals surface area contributed by atoms with Crippen molar-refractivity contribution in [2.24, 2.45) is 0 Å². The van der Waals surface area contributed by atoms with Crippen LogP contribution in [0.4, 0.5) is 0 Å². The number of carbonyl (C=O) groups is 1. The van der Waals surface area contributed by atoms with Gasteiger partial charge in [-0.1, -0.05) is 29.8 Å². The average molecular weight is 310 g/mol. The van der Waals surface area contributed by atoms with E-state index >= 15 is 0 Å². The van der Waals surface area contributed by atoms with E-state index in [0.717, 1.165) is 32.5 Å². The van der Waals surface area contributed by atoms with Crippen LogP contribution in [0.1, 0.15) is 34.5 Å². The second-order valence-corrected chi connectivity index (χ2v) is 6.11. The summed E-state index contributed by atoms with van der Waals surface area (Å²) in [6, 6.07) is 10.5. The summed E-state index contributed by atoms with van der Waals surface area (Å²) >= 11 is 0. The summed E-state index contributed by atoms with van der Waals surface area (Å²) in [6.07, 6.45) is 4.94. The van der Waals surface area contributed by atoms with E-state index in [9.17, 15) is 4.79 Å². The predicted octanol–water partition coefficient (Wildman–Crippen LogP) is 2.18. The summed E-state index contributed by atoms with van der Waals surface area (Å²) in [5.41, 5.74) is 3.09. The highest BCUT2D eigenvalue weighted by Gasteiger charge is 2.21. The summed E-state index contributed by atoms with van der Waals surface area (Å²) in [4.78, 5) is 22.4. The van der Waals surface area contributed by atoms with Gasteiger partial charge in [0.2, 0.25) is 0 Å². The van der Waals surface area contributed by atoms with Gasteiger partial charge in [-0.3, -0.25) is 9.69 Å². The Morgan fingerprint density at radius 1 is 1.30 bits per heavy atom. The van der Waals surface area contributed by atoms with Gasteiger partial charge in [-0.05, 0) is 31.4 Å². The lowest BCUT2D eigenvalue weighted by atomic mass is 10.0.